The summed E-state index contributed by atoms with van der Waals surface area (Å²) >= 11 is 0. The molecule has 0 bridgehead atoms. The number of rotatable bonds is 4. The summed E-state index contributed by atoms with van der Waals surface area (Å²) in [6, 6.07) is 11.7. The number of amides is 1. The molecule has 0 unspecified atom stereocenters. The second-order valence-electron chi connectivity index (χ2n) is 6.22. The summed E-state index contributed by atoms with van der Waals surface area (Å²) in [7, 11) is 0. The van der Waals surface area contributed by atoms with Crippen LogP contribution in [0.25, 0.3) is 5.69 Å². The number of hydrogen-bond donors (Lipinski definition) is 1. The zero-order valence-electron chi connectivity index (χ0n) is 14.2. The lowest BCUT2D eigenvalue weighted by Gasteiger charge is -2.33. The first-order valence-electron chi connectivity index (χ1n) is 8.59. The Hall–Kier alpha value is -3.29. The summed E-state index contributed by atoms with van der Waals surface area (Å²) in [6.07, 6.45) is 6.87. The third-order valence-electron chi connectivity index (χ3n) is 4.54. The first-order valence-corrected chi connectivity index (χ1v) is 8.59. The topological polar surface area (TPSA) is 88.8 Å². The van der Waals surface area contributed by atoms with E-state index in [2.05, 4.69) is 25.8 Å². The fourth-order valence-corrected chi connectivity index (χ4v) is 3.21. The third-order valence-corrected chi connectivity index (χ3v) is 4.54. The number of nitrogens with zero attached hydrogens (tertiary/aromatic N) is 6. The van der Waals surface area contributed by atoms with Crippen LogP contribution in [0.5, 0.6) is 0 Å². The van der Waals surface area contributed by atoms with Gasteiger partial charge in [-0.05, 0) is 47.5 Å². The minimum Gasteiger partial charge on any atom is -0.381 e. The van der Waals surface area contributed by atoms with E-state index in [0.29, 0.717) is 30.4 Å². The average Bonchev–Trinajstić information content (AvgIpc) is 3.24. The van der Waals surface area contributed by atoms with Gasteiger partial charge >= 0.3 is 0 Å². The molecule has 1 aromatic carbocycles. The normalized spacial score (nSPS) is 15.0. The van der Waals surface area contributed by atoms with Crippen LogP contribution in [-0.4, -0.2) is 55.1 Å². The van der Waals surface area contributed by atoms with Gasteiger partial charge in [0.25, 0.3) is 5.91 Å². The molecule has 1 fully saturated rings. The molecule has 8 heteroatoms. The Bertz CT molecular complexity index is 858. The summed E-state index contributed by atoms with van der Waals surface area (Å²) < 4.78 is 1.52. The van der Waals surface area contributed by atoms with Crippen LogP contribution in [0.3, 0.4) is 0 Å². The minimum absolute atomic E-state index is 0.0101. The van der Waals surface area contributed by atoms with Gasteiger partial charge < -0.3 is 10.2 Å². The first kappa shape index (κ1) is 16.2. The second-order valence-corrected chi connectivity index (χ2v) is 6.22. The van der Waals surface area contributed by atoms with Crippen molar-refractivity contribution in [3.05, 3.63) is 60.7 Å². The maximum absolute atomic E-state index is 13.0. The number of tetrazole rings is 1. The van der Waals surface area contributed by atoms with Crippen molar-refractivity contribution in [1.82, 2.24) is 30.1 Å². The Labute approximate surface area is 150 Å². The highest BCUT2D eigenvalue weighted by Gasteiger charge is 2.25. The van der Waals surface area contributed by atoms with E-state index >= 15 is 0 Å². The van der Waals surface area contributed by atoms with Gasteiger partial charge in [0, 0.05) is 31.5 Å². The number of nitrogens with one attached hydrogen (secondary N) is 1. The van der Waals surface area contributed by atoms with E-state index in [4.69, 9.17) is 0 Å². The van der Waals surface area contributed by atoms with Crippen molar-refractivity contribution in [1.29, 1.82) is 0 Å². The Kier molecular flexibility index (Phi) is 4.55. The van der Waals surface area contributed by atoms with E-state index in [1.54, 1.807) is 6.20 Å². The van der Waals surface area contributed by atoms with Crippen molar-refractivity contribution < 1.29 is 4.79 Å². The molecule has 0 aliphatic carbocycles. The lowest BCUT2D eigenvalue weighted by atomic mass is 10.0. The van der Waals surface area contributed by atoms with Gasteiger partial charge in [-0.1, -0.05) is 12.1 Å². The van der Waals surface area contributed by atoms with Crippen molar-refractivity contribution in [2.45, 2.75) is 18.9 Å². The average molecular weight is 349 g/mol. The number of benzene rings is 1. The van der Waals surface area contributed by atoms with Gasteiger partial charge in [0.05, 0.1) is 16.9 Å². The molecule has 1 amide bonds. The molecule has 0 spiro atoms. The van der Waals surface area contributed by atoms with Crippen molar-refractivity contribution in [2.24, 2.45) is 0 Å². The second kappa shape index (κ2) is 7.30. The molecule has 1 aliphatic heterocycles. The van der Waals surface area contributed by atoms with Crippen LogP contribution in [0.2, 0.25) is 0 Å². The standard InChI is InChI=1S/C18H19N7O/c26-18(16-5-1-2-6-17(16)25-13-20-22-23-25)24-10-7-14(8-11-24)21-15-4-3-9-19-12-15/h1-6,9,12-14,21H,7-8,10-11H2. The fourth-order valence-electron chi connectivity index (χ4n) is 3.21. The first-order chi connectivity index (χ1) is 12.8. The Morgan fingerprint density at radius 1 is 1.12 bits per heavy atom. The third kappa shape index (κ3) is 3.39. The number of pyridine rings is 1. The maximum atomic E-state index is 13.0. The Morgan fingerprint density at radius 3 is 2.69 bits per heavy atom. The number of carbonyl (C=O) groups is 1. The predicted molar refractivity (Wildman–Crippen MR) is 95.9 cm³/mol. The lowest BCUT2D eigenvalue weighted by Crippen LogP contribution is -2.42. The van der Waals surface area contributed by atoms with Gasteiger partial charge in [-0.15, -0.1) is 5.10 Å². The molecule has 1 N–H and O–H groups in total. The zero-order valence-corrected chi connectivity index (χ0v) is 14.2. The van der Waals surface area contributed by atoms with Gasteiger partial charge in [0.15, 0.2) is 0 Å². The maximum Gasteiger partial charge on any atom is 0.256 e. The molecule has 0 radical (unpaired) electrons. The SMILES string of the molecule is O=C(c1ccccc1-n1cnnn1)N1CCC(Nc2cccnc2)CC1. The van der Waals surface area contributed by atoms with Crippen LogP contribution in [0.15, 0.2) is 55.1 Å². The number of carbonyl (C=O) groups excluding carboxylic acids is 1. The molecule has 132 valence electrons. The van der Waals surface area contributed by atoms with Crippen LogP contribution in [0.4, 0.5) is 5.69 Å². The molecule has 8 nitrogen and oxygen atoms in total. The minimum atomic E-state index is 0.0101. The van der Waals surface area contributed by atoms with Crippen LogP contribution < -0.4 is 5.32 Å². The molecule has 0 saturated carbocycles. The van der Waals surface area contributed by atoms with E-state index in [9.17, 15) is 4.79 Å². The number of piperidine rings is 1. The molecule has 3 aromatic rings. The number of aromatic nitrogens is 5. The Morgan fingerprint density at radius 2 is 1.96 bits per heavy atom. The van der Waals surface area contributed by atoms with Gasteiger partial charge in [-0.2, -0.15) is 4.68 Å². The van der Waals surface area contributed by atoms with E-state index in [-0.39, 0.29) is 5.91 Å². The van der Waals surface area contributed by atoms with Crippen LogP contribution in [0.1, 0.15) is 23.2 Å². The summed E-state index contributed by atoms with van der Waals surface area (Å²) in [6.45, 7) is 1.42. The molecular formula is C18H19N7O. The fraction of sp³-hybridized carbons (Fsp3) is 0.278. The molecule has 1 aliphatic rings. The van der Waals surface area contributed by atoms with Gasteiger partial charge in [-0.3, -0.25) is 9.78 Å². The van der Waals surface area contributed by atoms with Gasteiger partial charge in [-0.25, -0.2) is 0 Å². The van der Waals surface area contributed by atoms with Crippen LogP contribution in [0, 0.1) is 0 Å². The van der Waals surface area contributed by atoms with Crippen molar-refractivity contribution in [2.75, 3.05) is 18.4 Å². The number of para-hydroxylation sites is 1. The van der Waals surface area contributed by atoms with Crippen LogP contribution in [-0.2, 0) is 0 Å². The summed E-state index contributed by atoms with van der Waals surface area (Å²) in [4.78, 5) is 19.0. The quantitative estimate of drug-likeness (QED) is 0.772. The monoisotopic (exact) mass is 349 g/mol. The molecule has 0 atom stereocenters. The van der Waals surface area contributed by atoms with E-state index in [1.807, 2.05) is 47.5 Å². The number of anilines is 1. The van der Waals surface area contributed by atoms with Gasteiger partial charge in [0.1, 0.15) is 6.33 Å². The highest BCUT2D eigenvalue weighted by molar-refractivity contribution is 5.97. The molecular weight excluding hydrogens is 330 g/mol. The number of hydrogen-bond acceptors (Lipinski definition) is 6. The van der Waals surface area contributed by atoms with Crippen molar-refractivity contribution >= 4 is 11.6 Å². The molecule has 3 heterocycles. The summed E-state index contributed by atoms with van der Waals surface area (Å²) in [5.41, 5.74) is 2.32. The van der Waals surface area contributed by atoms with E-state index in [1.165, 1.54) is 11.0 Å². The highest BCUT2D eigenvalue weighted by atomic mass is 16.2. The summed E-state index contributed by atoms with van der Waals surface area (Å²) in [5, 5.41) is 14.7. The molecule has 2 aromatic heterocycles. The molecule has 1 saturated heterocycles. The number of likely N-dealkylation sites (tertiary alicyclic amines) is 1. The van der Waals surface area contributed by atoms with Gasteiger partial charge in [0.2, 0.25) is 0 Å². The van der Waals surface area contributed by atoms with Crippen molar-refractivity contribution in [3.63, 3.8) is 0 Å². The smallest absolute Gasteiger partial charge is 0.256 e. The van der Waals surface area contributed by atoms with E-state index in [0.717, 1.165) is 18.5 Å². The van der Waals surface area contributed by atoms with E-state index < -0.39 is 0 Å². The zero-order chi connectivity index (χ0) is 17.8. The highest BCUT2D eigenvalue weighted by Crippen LogP contribution is 2.20. The molecule has 4 rings (SSSR count). The predicted octanol–water partition coefficient (Wildman–Crippen LogP) is 1.77. The van der Waals surface area contributed by atoms with Crippen LogP contribution >= 0.6 is 0 Å². The lowest BCUT2D eigenvalue weighted by molar-refractivity contribution is 0.0718. The Balaban J connectivity index is 1.43. The summed E-state index contributed by atoms with van der Waals surface area (Å²) in [5.74, 6) is 0.0101. The van der Waals surface area contributed by atoms with Crippen molar-refractivity contribution in [3.8, 4) is 5.69 Å². The largest absolute Gasteiger partial charge is 0.381 e. The molecule has 26 heavy (non-hydrogen) atoms.